The lowest BCUT2D eigenvalue weighted by atomic mass is 9.86. The SMILES string of the molecule is CC(C)(C)c1cc(Cl)c(O)cc1F. The predicted molar refractivity (Wildman–Crippen MR) is 51.8 cm³/mol. The van der Waals surface area contributed by atoms with Gasteiger partial charge in [-0.25, -0.2) is 4.39 Å². The van der Waals surface area contributed by atoms with Crippen LogP contribution in [-0.4, -0.2) is 5.11 Å². The molecular formula is C10H12ClFO. The van der Waals surface area contributed by atoms with Gasteiger partial charge in [0.15, 0.2) is 0 Å². The quantitative estimate of drug-likeness (QED) is 0.683. The molecule has 0 fully saturated rings. The van der Waals surface area contributed by atoms with Crippen LogP contribution in [0.4, 0.5) is 4.39 Å². The van der Waals surface area contributed by atoms with Crippen molar-refractivity contribution in [3.63, 3.8) is 0 Å². The van der Waals surface area contributed by atoms with E-state index in [4.69, 9.17) is 16.7 Å². The summed E-state index contributed by atoms with van der Waals surface area (Å²) in [4.78, 5) is 0. The second-order valence-corrected chi connectivity index (χ2v) is 4.44. The molecule has 0 spiro atoms. The Hall–Kier alpha value is -0.760. The van der Waals surface area contributed by atoms with Crippen molar-refractivity contribution >= 4 is 11.6 Å². The Labute approximate surface area is 82.2 Å². The average Bonchev–Trinajstić information content (AvgIpc) is 1.94. The van der Waals surface area contributed by atoms with E-state index >= 15 is 0 Å². The minimum atomic E-state index is -0.422. The molecule has 1 aromatic carbocycles. The van der Waals surface area contributed by atoms with Crippen LogP contribution in [0.5, 0.6) is 5.75 Å². The van der Waals surface area contributed by atoms with Gasteiger partial charge < -0.3 is 5.11 Å². The third kappa shape index (κ3) is 2.13. The smallest absolute Gasteiger partial charge is 0.137 e. The topological polar surface area (TPSA) is 20.2 Å². The van der Waals surface area contributed by atoms with E-state index in [1.54, 1.807) is 0 Å². The normalized spacial score (nSPS) is 11.8. The zero-order valence-corrected chi connectivity index (χ0v) is 8.61. The number of phenols is 1. The molecule has 0 aliphatic carbocycles. The Morgan fingerprint density at radius 1 is 1.31 bits per heavy atom. The Morgan fingerprint density at radius 2 is 1.85 bits per heavy atom. The minimum absolute atomic E-state index is 0.186. The molecule has 0 amide bonds. The van der Waals surface area contributed by atoms with Crippen molar-refractivity contribution in [3.05, 3.63) is 28.5 Å². The van der Waals surface area contributed by atoms with Gasteiger partial charge in [-0.05, 0) is 17.0 Å². The van der Waals surface area contributed by atoms with Gasteiger partial charge in [-0.3, -0.25) is 0 Å². The fourth-order valence-corrected chi connectivity index (χ4v) is 1.27. The highest BCUT2D eigenvalue weighted by Gasteiger charge is 2.20. The molecule has 0 unspecified atom stereocenters. The van der Waals surface area contributed by atoms with Crippen LogP contribution in [-0.2, 0) is 5.41 Å². The molecule has 1 aromatic rings. The van der Waals surface area contributed by atoms with Crippen molar-refractivity contribution in [2.24, 2.45) is 0 Å². The molecular weight excluding hydrogens is 191 g/mol. The van der Waals surface area contributed by atoms with E-state index < -0.39 is 5.82 Å². The molecule has 0 radical (unpaired) electrons. The fourth-order valence-electron chi connectivity index (χ4n) is 1.11. The van der Waals surface area contributed by atoms with Gasteiger partial charge in [-0.15, -0.1) is 0 Å². The third-order valence-corrected chi connectivity index (χ3v) is 2.15. The lowest BCUT2D eigenvalue weighted by Gasteiger charge is -2.20. The number of hydrogen-bond donors (Lipinski definition) is 1. The van der Waals surface area contributed by atoms with Crippen LogP contribution in [0.15, 0.2) is 12.1 Å². The Morgan fingerprint density at radius 3 is 2.31 bits per heavy atom. The molecule has 3 heteroatoms. The van der Waals surface area contributed by atoms with Gasteiger partial charge >= 0.3 is 0 Å². The first-order chi connectivity index (χ1) is 5.82. The molecule has 0 aromatic heterocycles. The molecule has 0 bridgehead atoms. The summed E-state index contributed by atoms with van der Waals surface area (Å²) in [5, 5.41) is 9.30. The number of halogens is 2. The first-order valence-corrected chi connectivity index (χ1v) is 4.38. The number of aromatic hydroxyl groups is 1. The van der Waals surface area contributed by atoms with Crippen molar-refractivity contribution in [3.8, 4) is 5.75 Å². The maximum absolute atomic E-state index is 13.3. The van der Waals surface area contributed by atoms with Gasteiger partial charge in [0.05, 0.1) is 5.02 Å². The van der Waals surface area contributed by atoms with Gasteiger partial charge in [0.2, 0.25) is 0 Å². The number of hydrogen-bond acceptors (Lipinski definition) is 1. The van der Waals surface area contributed by atoms with Crippen LogP contribution in [0.1, 0.15) is 26.3 Å². The molecule has 1 nitrogen and oxygen atoms in total. The van der Waals surface area contributed by atoms with Crippen LogP contribution in [0.25, 0.3) is 0 Å². The van der Waals surface area contributed by atoms with E-state index in [0.29, 0.717) is 5.56 Å². The summed E-state index contributed by atoms with van der Waals surface area (Å²) in [5.74, 6) is -0.637. The monoisotopic (exact) mass is 202 g/mol. The highest BCUT2D eigenvalue weighted by atomic mass is 35.5. The third-order valence-electron chi connectivity index (χ3n) is 1.84. The molecule has 0 saturated heterocycles. The molecule has 0 aliphatic heterocycles. The van der Waals surface area contributed by atoms with Crippen LogP contribution >= 0.6 is 11.6 Å². The van der Waals surface area contributed by atoms with Gasteiger partial charge in [-0.1, -0.05) is 32.4 Å². The van der Waals surface area contributed by atoms with E-state index in [9.17, 15) is 4.39 Å². The Kier molecular flexibility index (Phi) is 2.53. The number of rotatable bonds is 0. The standard InChI is InChI=1S/C10H12ClFO/c1-10(2,3)6-4-7(11)9(13)5-8(6)12/h4-5,13H,1-3H3. The summed E-state index contributed by atoms with van der Waals surface area (Å²) in [7, 11) is 0. The first-order valence-electron chi connectivity index (χ1n) is 4.01. The van der Waals surface area contributed by atoms with Crippen LogP contribution in [0.3, 0.4) is 0 Å². The minimum Gasteiger partial charge on any atom is -0.506 e. The van der Waals surface area contributed by atoms with Gasteiger partial charge in [0.25, 0.3) is 0 Å². The molecule has 1 N–H and O–H groups in total. The average molecular weight is 203 g/mol. The molecule has 1 rings (SSSR count). The van der Waals surface area contributed by atoms with Gasteiger partial charge in [0.1, 0.15) is 11.6 Å². The van der Waals surface area contributed by atoms with Crippen LogP contribution in [0, 0.1) is 5.82 Å². The maximum Gasteiger partial charge on any atom is 0.137 e. The van der Waals surface area contributed by atoms with E-state index in [1.165, 1.54) is 6.07 Å². The van der Waals surface area contributed by atoms with Gasteiger partial charge in [0, 0.05) is 6.07 Å². The largest absolute Gasteiger partial charge is 0.506 e. The van der Waals surface area contributed by atoms with Crippen molar-refractivity contribution < 1.29 is 9.50 Å². The Balaban J connectivity index is 3.32. The summed E-state index contributed by atoms with van der Waals surface area (Å²) >= 11 is 5.68. The molecule has 0 heterocycles. The van der Waals surface area contributed by atoms with Crippen molar-refractivity contribution in [2.45, 2.75) is 26.2 Å². The highest BCUT2D eigenvalue weighted by molar-refractivity contribution is 6.32. The molecule has 72 valence electrons. The summed E-state index contributed by atoms with van der Waals surface area (Å²) in [6.45, 7) is 5.66. The summed E-state index contributed by atoms with van der Waals surface area (Å²) in [5.41, 5.74) is 0.205. The van der Waals surface area contributed by atoms with E-state index in [1.807, 2.05) is 20.8 Å². The molecule has 0 saturated carbocycles. The van der Waals surface area contributed by atoms with Gasteiger partial charge in [-0.2, -0.15) is 0 Å². The maximum atomic E-state index is 13.3. The van der Waals surface area contributed by atoms with E-state index in [-0.39, 0.29) is 16.2 Å². The van der Waals surface area contributed by atoms with E-state index in [0.717, 1.165) is 6.07 Å². The van der Waals surface area contributed by atoms with E-state index in [2.05, 4.69) is 0 Å². The second kappa shape index (κ2) is 3.18. The summed E-state index contributed by atoms with van der Waals surface area (Å²) in [6.07, 6.45) is 0. The Bertz CT molecular complexity index is 328. The molecule has 13 heavy (non-hydrogen) atoms. The predicted octanol–water partition coefficient (Wildman–Crippen LogP) is 3.48. The zero-order chi connectivity index (χ0) is 10.2. The zero-order valence-electron chi connectivity index (χ0n) is 7.86. The highest BCUT2D eigenvalue weighted by Crippen LogP contribution is 2.32. The first kappa shape index (κ1) is 10.3. The molecule has 0 atom stereocenters. The van der Waals surface area contributed by atoms with Crippen molar-refractivity contribution in [1.82, 2.24) is 0 Å². The van der Waals surface area contributed by atoms with Crippen molar-refractivity contribution in [2.75, 3.05) is 0 Å². The summed E-state index contributed by atoms with van der Waals surface area (Å²) in [6, 6.07) is 2.51. The lowest BCUT2D eigenvalue weighted by molar-refractivity contribution is 0.462. The molecule has 0 aliphatic rings. The number of phenolic OH excluding ortho intramolecular Hbond substituents is 1. The van der Waals surface area contributed by atoms with Crippen molar-refractivity contribution in [1.29, 1.82) is 0 Å². The summed E-state index contributed by atoms with van der Waals surface area (Å²) < 4.78 is 13.3. The van der Waals surface area contributed by atoms with Crippen LogP contribution < -0.4 is 0 Å². The fraction of sp³-hybridized carbons (Fsp3) is 0.400. The second-order valence-electron chi connectivity index (χ2n) is 4.03. The lowest BCUT2D eigenvalue weighted by Crippen LogP contribution is -2.13. The van der Waals surface area contributed by atoms with Crippen LogP contribution in [0.2, 0.25) is 5.02 Å². The number of benzene rings is 1.